The van der Waals surface area contributed by atoms with E-state index in [4.69, 9.17) is 9.47 Å². The van der Waals surface area contributed by atoms with E-state index in [-0.39, 0.29) is 22.3 Å². The third-order valence-electron chi connectivity index (χ3n) is 6.35. The highest BCUT2D eigenvalue weighted by molar-refractivity contribution is 5.88. The number of aliphatic hydroxyl groups is 1. The van der Waals surface area contributed by atoms with E-state index in [0.29, 0.717) is 0 Å². The van der Waals surface area contributed by atoms with Gasteiger partial charge in [-0.05, 0) is 49.9 Å². The van der Waals surface area contributed by atoms with Crippen molar-refractivity contribution in [2.45, 2.75) is 71.0 Å². The Balaban J connectivity index is 1.78. The van der Waals surface area contributed by atoms with Crippen LogP contribution in [0.3, 0.4) is 0 Å². The first-order valence-electron chi connectivity index (χ1n) is 8.68. The van der Waals surface area contributed by atoms with Gasteiger partial charge in [0.15, 0.2) is 6.61 Å². The number of carbonyl (C=O) groups excluding carboxylic acids is 2. The van der Waals surface area contributed by atoms with E-state index in [1.54, 1.807) is 0 Å². The summed E-state index contributed by atoms with van der Waals surface area (Å²) in [6, 6.07) is 0. The fourth-order valence-corrected chi connectivity index (χ4v) is 6.22. The Hall–Kier alpha value is -1.36. The molecule has 5 heteroatoms. The van der Waals surface area contributed by atoms with Gasteiger partial charge in [-0.1, -0.05) is 27.4 Å². The minimum absolute atomic E-state index is 0.0127. The molecule has 0 aliphatic heterocycles. The summed E-state index contributed by atoms with van der Waals surface area (Å²) < 4.78 is 10.8. The number of rotatable bonds is 4. The van der Waals surface area contributed by atoms with Gasteiger partial charge in [0.1, 0.15) is 5.60 Å². The number of carbonyl (C=O) groups is 2. The lowest BCUT2D eigenvalue weighted by atomic mass is 9.39. The van der Waals surface area contributed by atoms with Gasteiger partial charge in [-0.2, -0.15) is 0 Å². The number of hydrogen-bond acceptors (Lipinski definition) is 5. The molecular weight excluding hydrogens is 308 g/mol. The van der Waals surface area contributed by atoms with Crippen LogP contribution in [0, 0.1) is 16.7 Å². The minimum atomic E-state index is -0.785. The predicted octanol–water partition coefficient (Wildman–Crippen LogP) is 2.76. The highest BCUT2D eigenvalue weighted by Gasteiger charge is 2.70. The Morgan fingerprint density at radius 1 is 1.12 bits per heavy atom. The third kappa shape index (κ3) is 2.67. The number of esters is 2. The zero-order valence-electron chi connectivity index (χ0n) is 15.1. The summed E-state index contributed by atoms with van der Waals surface area (Å²) in [7, 11) is 0. The summed E-state index contributed by atoms with van der Waals surface area (Å²) in [5.41, 5.74) is -1.23. The molecule has 4 aliphatic carbocycles. The van der Waals surface area contributed by atoms with Crippen molar-refractivity contribution < 1.29 is 24.2 Å². The van der Waals surface area contributed by atoms with Crippen molar-refractivity contribution in [2.24, 2.45) is 16.7 Å². The number of hydrogen-bond donors (Lipinski definition) is 1. The molecule has 5 nitrogen and oxygen atoms in total. The maximum Gasteiger partial charge on any atom is 0.344 e. The fourth-order valence-electron chi connectivity index (χ4n) is 6.22. The molecule has 0 spiro atoms. The van der Waals surface area contributed by atoms with Crippen molar-refractivity contribution in [3.8, 4) is 0 Å². The molecule has 4 bridgehead atoms. The van der Waals surface area contributed by atoms with E-state index in [9.17, 15) is 14.7 Å². The first-order chi connectivity index (χ1) is 10.9. The van der Waals surface area contributed by atoms with Crippen LogP contribution in [-0.4, -0.2) is 34.9 Å². The lowest BCUT2D eigenvalue weighted by Crippen LogP contribution is -2.71. The molecular formula is C19H28O5. The summed E-state index contributed by atoms with van der Waals surface area (Å²) in [4.78, 5) is 23.8. The van der Waals surface area contributed by atoms with Crippen molar-refractivity contribution in [1.29, 1.82) is 0 Å². The molecule has 4 fully saturated rings. The predicted molar refractivity (Wildman–Crippen MR) is 88.0 cm³/mol. The minimum Gasteiger partial charge on any atom is -0.456 e. The van der Waals surface area contributed by atoms with Crippen LogP contribution in [-0.2, 0) is 19.1 Å². The standard InChI is InChI=1S/C19H28O5/c1-12(2)15(21)23-6-14(20)24-19-10-16(4)7-17(5,11-19)9-18(22,8-16)13(19)3/h13,22H,1,6-11H2,2-5H3. The van der Waals surface area contributed by atoms with Crippen molar-refractivity contribution in [3.63, 3.8) is 0 Å². The van der Waals surface area contributed by atoms with Gasteiger partial charge >= 0.3 is 11.9 Å². The second-order valence-corrected chi connectivity index (χ2v) is 9.23. The van der Waals surface area contributed by atoms with Gasteiger partial charge in [0.05, 0.1) is 5.60 Å². The molecule has 134 valence electrons. The van der Waals surface area contributed by atoms with E-state index in [1.165, 1.54) is 6.92 Å². The van der Waals surface area contributed by atoms with Crippen LogP contribution in [0.4, 0.5) is 0 Å². The zero-order valence-corrected chi connectivity index (χ0v) is 15.1. The molecule has 1 N–H and O–H groups in total. The molecule has 4 rings (SSSR count). The molecule has 3 atom stereocenters. The average Bonchev–Trinajstić information content (AvgIpc) is 2.38. The molecule has 4 aliphatic rings. The topological polar surface area (TPSA) is 72.8 Å². The summed E-state index contributed by atoms with van der Waals surface area (Å²) >= 11 is 0. The largest absolute Gasteiger partial charge is 0.456 e. The molecule has 0 saturated heterocycles. The van der Waals surface area contributed by atoms with Crippen LogP contribution in [0.15, 0.2) is 12.2 Å². The van der Waals surface area contributed by atoms with E-state index < -0.39 is 29.7 Å². The van der Waals surface area contributed by atoms with Crippen LogP contribution < -0.4 is 0 Å². The van der Waals surface area contributed by atoms with Crippen molar-refractivity contribution >= 4 is 11.9 Å². The molecule has 4 saturated carbocycles. The first-order valence-corrected chi connectivity index (χ1v) is 8.68. The molecule has 0 heterocycles. The molecule has 0 aromatic heterocycles. The van der Waals surface area contributed by atoms with Gasteiger partial charge in [-0.25, -0.2) is 9.59 Å². The van der Waals surface area contributed by atoms with Gasteiger partial charge in [0, 0.05) is 11.5 Å². The summed E-state index contributed by atoms with van der Waals surface area (Å²) in [5.74, 6) is -1.26. The normalized spacial score (nSPS) is 45.8. The Kier molecular flexibility index (Phi) is 3.69. The van der Waals surface area contributed by atoms with Crippen LogP contribution >= 0.6 is 0 Å². The first kappa shape index (κ1) is 17.5. The monoisotopic (exact) mass is 336 g/mol. The summed E-state index contributed by atoms with van der Waals surface area (Å²) in [5, 5.41) is 11.2. The second-order valence-electron chi connectivity index (χ2n) is 9.23. The second kappa shape index (κ2) is 5.07. The third-order valence-corrected chi connectivity index (χ3v) is 6.35. The lowest BCUT2D eigenvalue weighted by molar-refractivity contribution is -0.291. The van der Waals surface area contributed by atoms with Gasteiger partial charge < -0.3 is 14.6 Å². The quantitative estimate of drug-likeness (QED) is 0.631. The molecule has 3 unspecified atom stereocenters. The summed E-state index contributed by atoms with van der Waals surface area (Å²) in [6.45, 7) is 11.0. The van der Waals surface area contributed by atoms with Gasteiger partial charge in [-0.15, -0.1) is 0 Å². The average molecular weight is 336 g/mol. The van der Waals surface area contributed by atoms with E-state index in [0.717, 1.165) is 32.1 Å². The van der Waals surface area contributed by atoms with Crippen molar-refractivity contribution in [2.75, 3.05) is 6.61 Å². The highest BCUT2D eigenvalue weighted by atomic mass is 16.6. The Morgan fingerprint density at radius 2 is 1.67 bits per heavy atom. The molecule has 0 aromatic rings. The van der Waals surface area contributed by atoms with Crippen LogP contribution in [0.5, 0.6) is 0 Å². The maximum absolute atomic E-state index is 12.3. The summed E-state index contributed by atoms with van der Waals surface area (Å²) in [6.07, 6.45) is 4.11. The molecule has 0 aromatic carbocycles. The Bertz CT molecular complexity index is 589. The van der Waals surface area contributed by atoms with Crippen molar-refractivity contribution in [3.05, 3.63) is 12.2 Å². The van der Waals surface area contributed by atoms with Gasteiger partial charge in [0.25, 0.3) is 0 Å². The lowest BCUT2D eigenvalue weighted by Gasteiger charge is -2.69. The fraction of sp³-hybridized carbons (Fsp3) is 0.789. The van der Waals surface area contributed by atoms with Crippen molar-refractivity contribution in [1.82, 2.24) is 0 Å². The SMILES string of the molecule is C=C(C)C(=O)OCC(=O)OC12CC3(C)CC(C)(CC(O)(C3)C1C)C2. The van der Waals surface area contributed by atoms with Gasteiger partial charge in [0.2, 0.25) is 0 Å². The van der Waals surface area contributed by atoms with E-state index in [1.807, 2.05) is 6.92 Å². The zero-order chi connectivity index (χ0) is 18.0. The van der Waals surface area contributed by atoms with E-state index >= 15 is 0 Å². The van der Waals surface area contributed by atoms with Crippen LogP contribution in [0.1, 0.15) is 59.8 Å². The molecule has 24 heavy (non-hydrogen) atoms. The molecule has 0 radical (unpaired) electrons. The van der Waals surface area contributed by atoms with Gasteiger partial charge in [-0.3, -0.25) is 0 Å². The smallest absolute Gasteiger partial charge is 0.344 e. The van der Waals surface area contributed by atoms with Crippen LogP contribution in [0.25, 0.3) is 0 Å². The van der Waals surface area contributed by atoms with E-state index in [2.05, 4.69) is 20.4 Å². The Labute approximate surface area is 143 Å². The Morgan fingerprint density at radius 3 is 2.17 bits per heavy atom. The highest BCUT2D eigenvalue weighted by Crippen LogP contribution is 2.70. The number of ether oxygens (including phenoxy) is 2. The maximum atomic E-state index is 12.3. The van der Waals surface area contributed by atoms with Crippen LogP contribution in [0.2, 0.25) is 0 Å². The molecule has 0 amide bonds.